The summed E-state index contributed by atoms with van der Waals surface area (Å²) in [4.78, 5) is 0. The first-order valence-corrected chi connectivity index (χ1v) is 9.49. The van der Waals surface area contributed by atoms with E-state index in [2.05, 4.69) is 38.1 Å². The Hall–Kier alpha value is -2.12. The molecule has 2 heteroatoms. The number of rotatable bonds is 3. The van der Waals surface area contributed by atoms with Gasteiger partial charge in [0.2, 0.25) is 0 Å². The van der Waals surface area contributed by atoms with E-state index >= 15 is 0 Å². The lowest BCUT2D eigenvalue weighted by Gasteiger charge is -1.93. The lowest BCUT2D eigenvalue weighted by molar-refractivity contribution is 0.627. The predicted octanol–water partition coefficient (Wildman–Crippen LogP) is 7.54. The third-order valence-electron chi connectivity index (χ3n) is 3.89. The minimum Gasteiger partial charge on any atom is -0.207 e. The predicted molar refractivity (Wildman–Crippen MR) is 112 cm³/mol. The molecule has 3 aromatic rings. The number of aryl methyl sites for hydroxylation is 3. The third-order valence-corrected chi connectivity index (χ3v) is 4.15. The molecule has 0 radical (unpaired) electrons. The Bertz CT molecular complexity index is 658. The van der Waals surface area contributed by atoms with E-state index in [-0.39, 0.29) is 5.82 Å². The molecule has 0 atom stereocenters. The quantitative estimate of drug-likeness (QED) is 0.446. The van der Waals surface area contributed by atoms with E-state index < -0.39 is 0 Å². The molecule has 0 saturated carbocycles. The van der Waals surface area contributed by atoms with Crippen LogP contribution in [0, 0.1) is 5.82 Å². The van der Waals surface area contributed by atoms with Crippen LogP contribution in [0.1, 0.15) is 37.5 Å². The van der Waals surface area contributed by atoms with Gasteiger partial charge in [0.05, 0.1) is 0 Å². The van der Waals surface area contributed by atoms with Crippen molar-refractivity contribution in [3.8, 4) is 0 Å². The summed E-state index contributed by atoms with van der Waals surface area (Å²) in [5.41, 5.74) is 3.92. The molecular formula is C24H28ClF. The summed E-state index contributed by atoms with van der Waals surface area (Å²) in [6.45, 7) is 6.34. The first-order valence-electron chi connectivity index (χ1n) is 9.11. The molecule has 0 aliphatic carbocycles. The molecule has 0 spiro atoms. The first-order chi connectivity index (χ1) is 12.6. The van der Waals surface area contributed by atoms with Crippen molar-refractivity contribution >= 4 is 11.6 Å². The van der Waals surface area contributed by atoms with Crippen LogP contribution in [0.15, 0.2) is 78.9 Å². The Labute approximate surface area is 162 Å². The molecule has 3 aromatic carbocycles. The fourth-order valence-electron chi connectivity index (χ4n) is 2.15. The van der Waals surface area contributed by atoms with Gasteiger partial charge >= 0.3 is 0 Å². The van der Waals surface area contributed by atoms with Gasteiger partial charge in [-0.25, -0.2) is 4.39 Å². The third kappa shape index (κ3) is 9.39. The Morgan fingerprint density at radius 3 is 1.35 bits per heavy atom. The largest absolute Gasteiger partial charge is 0.207 e. The molecule has 0 N–H and O–H groups in total. The summed E-state index contributed by atoms with van der Waals surface area (Å²) < 4.78 is 12.2. The van der Waals surface area contributed by atoms with Gasteiger partial charge in [-0.2, -0.15) is 0 Å². The second-order valence-corrected chi connectivity index (χ2v) is 6.24. The molecule has 0 saturated heterocycles. The van der Waals surface area contributed by atoms with Crippen LogP contribution in [0.4, 0.5) is 4.39 Å². The summed E-state index contributed by atoms with van der Waals surface area (Å²) in [6, 6.07) is 24.9. The number of benzene rings is 3. The van der Waals surface area contributed by atoms with Crippen molar-refractivity contribution < 1.29 is 4.39 Å². The van der Waals surface area contributed by atoms with Crippen LogP contribution >= 0.6 is 11.6 Å². The summed E-state index contributed by atoms with van der Waals surface area (Å²) in [6.07, 6.45) is 3.19. The van der Waals surface area contributed by atoms with E-state index in [1.54, 1.807) is 12.1 Å². The van der Waals surface area contributed by atoms with E-state index in [1.165, 1.54) is 28.8 Å². The van der Waals surface area contributed by atoms with Gasteiger partial charge in [-0.05, 0) is 60.2 Å². The van der Waals surface area contributed by atoms with Crippen LogP contribution in [0.3, 0.4) is 0 Å². The zero-order valence-corrected chi connectivity index (χ0v) is 16.6. The van der Waals surface area contributed by atoms with E-state index in [4.69, 9.17) is 11.6 Å². The van der Waals surface area contributed by atoms with Crippen molar-refractivity contribution in [1.82, 2.24) is 0 Å². The molecule has 3 rings (SSSR count). The topological polar surface area (TPSA) is 0 Å². The Kier molecular flexibility index (Phi) is 11.1. The molecule has 0 aromatic heterocycles. The van der Waals surface area contributed by atoms with Crippen molar-refractivity contribution in [1.29, 1.82) is 0 Å². The van der Waals surface area contributed by atoms with Gasteiger partial charge in [0.25, 0.3) is 0 Å². The minimum atomic E-state index is -0.160. The maximum atomic E-state index is 12.2. The second-order valence-electron chi connectivity index (χ2n) is 5.80. The fraction of sp³-hybridized carbons (Fsp3) is 0.250. The average Bonchev–Trinajstić information content (AvgIpc) is 2.71. The van der Waals surface area contributed by atoms with Crippen LogP contribution in [0.2, 0.25) is 5.02 Å². The molecule has 0 nitrogen and oxygen atoms in total. The lowest BCUT2D eigenvalue weighted by Crippen LogP contribution is -1.78. The van der Waals surface area contributed by atoms with Gasteiger partial charge in [-0.3, -0.25) is 0 Å². The van der Waals surface area contributed by atoms with Crippen molar-refractivity contribution in [2.45, 2.75) is 40.0 Å². The number of hydrogen-bond donors (Lipinski definition) is 0. The van der Waals surface area contributed by atoms with Crippen LogP contribution < -0.4 is 0 Å². The number of hydrogen-bond acceptors (Lipinski definition) is 0. The number of halogens is 2. The highest BCUT2D eigenvalue weighted by Gasteiger charge is 1.88. The van der Waals surface area contributed by atoms with E-state index in [1.807, 2.05) is 37.3 Å². The Morgan fingerprint density at radius 2 is 0.962 bits per heavy atom. The average molecular weight is 371 g/mol. The fourth-order valence-corrected chi connectivity index (χ4v) is 2.28. The summed E-state index contributed by atoms with van der Waals surface area (Å²) in [7, 11) is 0. The molecule has 0 bridgehead atoms. The highest BCUT2D eigenvalue weighted by atomic mass is 35.5. The van der Waals surface area contributed by atoms with E-state index in [0.29, 0.717) is 0 Å². The standard InChI is InChI=1S/C8H9Cl.C8H9F.C8H10/c2*1-2-7-3-5-8(9)6-4-7;1-2-8-6-4-3-5-7-8/h2*3-6H,2H2,1H3;3-7H,2H2,1H3. The van der Waals surface area contributed by atoms with Gasteiger partial charge in [0.15, 0.2) is 0 Å². The van der Waals surface area contributed by atoms with Crippen molar-refractivity contribution in [2.24, 2.45) is 0 Å². The van der Waals surface area contributed by atoms with Gasteiger partial charge in [-0.15, -0.1) is 0 Å². The highest BCUT2D eigenvalue weighted by molar-refractivity contribution is 6.30. The summed E-state index contributed by atoms with van der Waals surface area (Å²) >= 11 is 5.67. The van der Waals surface area contributed by atoms with Crippen LogP contribution in [0.5, 0.6) is 0 Å². The molecule has 26 heavy (non-hydrogen) atoms. The Morgan fingerprint density at radius 1 is 0.577 bits per heavy atom. The molecule has 0 aliphatic rings. The smallest absolute Gasteiger partial charge is 0.123 e. The molecular weight excluding hydrogens is 343 g/mol. The maximum absolute atomic E-state index is 12.2. The molecule has 0 fully saturated rings. The van der Waals surface area contributed by atoms with Crippen LogP contribution in [-0.4, -0.2) is 0 Å². The first kappa shape index (κ1) is 21.9. The molecule has 0 amide bonds. The monoisotopic (exact) mass is 370 g/mol. The highest BCUT2D eigenvalue weighted by Crippen LogP contribution is 2.09. The minimum absolute atomic E-state index is 0.160. The van der Waals surface area contributed by atoms with Crippen molar-refractivity contribution in [3.05, 3.63) is 106 Å². The molecule has 0 unspecified atom stereocenters. The molecule has 0 aliphatic heterocycles. The molecule has 138 valence electrons. The zero-order chi connectivity index (χ0) is 19.2. The van der Waals surface area contributed by atoms with E-state index in [0.717, 1.165) is 24.3 Å². The lowest BCUT2D eigenvalue weighted by atomic mass is 10.2. The second kappa shape index (κ2) is 13.1. The van der Waals surface area contributed by atoms with Crippen molar-refractivity contribution in [3.63, 3.8) is 0 Å². The van der Waals surface area contributed by atoms with Gasteiger partial charge in [-0.1, -0.05) is 87.0 Å². The summed E-state index contributed by atoms with van der Waals surface area (Å²) in [5, 5.41) is 0.812. The van der Waals surface area contributed by atoms with E-state index in [9.17, 15) is 4.39 Å². The normalized spacial score (nSPS) is 9.42. The van der Waals surface area contributed by atoms with Crippen LogP contribution in [-0.2, 0) is 19.3 Å². The summed E-state index contributed by atoms with van der Waals surface area (Å²) in [5.74, 6) is -0.160. The van der Waals surface area contributed by atoms with Gasteiger partial charge in [0.1, 0.15) is 5.82 Å². The van der Waals surface area contributed by atoms with Crippen LogP contribution in [0.25, 0.3) is 0 Å². The molecule has 0 heterocycles. The van der Waals surface area contributed by atoms with Gasteiger partial charge < -0.3 is 0 Å². The maximum Gasteiger partial charge on any atom is 0.123 e. The zero-order valence-electron chi connectivity index (χ0n) is 15.9. The Balaban J connectivity index is 0.000000195. The van der Waals surface area contributed by atoms with Crippen molar-refractivity contribution in [2.75, 3.05) is 0 Å². The van der Waals surface area contributed by atoms with Gasteiger partial charge in [0, 0.05) is 5.02 Å². The SMILES string of the molecule is CCc1ccc(Cl)cc1.CCc1ccc(F)cc1.CCc1ccccc1.